The van der Waals surface area contributed by atoms with E-state index in [1.54, 1.807) is 0 Å². The maximum atomic E-state index is 11.2. The zero-order valence-corrected chi connectivity index (χ0v) is 8.04. The summed E-state index contributed by atoms with van der Waals surface area (Å²) in [5.41, 5.74) is -0.293. The number of nitrogens with zero attached hydrogens (tertiary/aromatic N) is 1. The summed E-state index contributed by atoms with van der Waals surface area (Å²) in [4.78, 5) is 21.1. The van der Waals surface area contributed by atoms with Gasteiger partial charge in [0.15, 0.2) is 0 Å². The standard InChI is InChI=1S/C8H7ClN2O3/c1-10-8(12)6-3-2-5(9)4-7(6)11(13)14/h2-4H,1H3,(H,10,12). The molecule has 0 heterocycles. The molecule has 6 heteroatoms. The van der Waals surface area contributed by atoms with Gasteiger partial charge in [-0.1, -0.05) is 11.6 Å². The first-order chi connectivity index (χ1) is 6.56. The SMILES string of the molecule is CNC(=O)c1ccc(Cl)cc1[N+](=O)[O-]. The number of nitro groups is 1. The van der Waals surface area contributed by atoms with Crippen LogP contribution in [0, 0.1) is 10.1 Å². The Labute approximate surface area is 84.8 Å². The molecule has 5 nitrogen and oxygen atoms in total. The van der Waals surface area contributed by atoms with Crippen molar-refractivity contribution in [2.45, 2.75) is 0 Å². The number of nitro benzene ring substituents is 1. The molecule has 1 rings (SSSR count). The van der Waals surface area contributed by atoms with Crippen molar-refractivity contribution >= 4 is 23.2 Å². The van der Waals surface area contributed by atoms with Crippen molar-refractivity contribution < 1.29 is 9.72 Å². The van der Waals surface area contributed by atoms with E-state index in [2.05, 4.69) is 5.32 Å². The molecule has 74 valence electrons. The first kappa shape index (κ1) is 10.5. The van der Waals surface area contributed by atoms with Crippen LogP contribution >= 0.6 is 11.6 Å². The Kier molecular flexibility index (Phi) is 3.03. The van der Waals surface area contributed by atoms with E-state index in [4.69, 9.17) is 11.6 Å². The van der Waals surface area contributed by atoms with E-state index in [0.717, 1.165) is 6.07 Å². The number of carbonyl (C=O) groups is 1. The average molecular weight is 215 g/mol. The zero-order chi connectivity index (χ0) is 10.7. The number of halogens is 1. The molecule has 0 saturated heterocycles. The Balaban J connectivity index is 3.28. The van der Waals surface area contributed by atoms with Crippen LogP contribution in [0.2, 0.25) is 5.02 Å². The predicted molar refractivity (Wildman–Crippen MR) is 51.5 cm³/mol. The maximum absolute atomic E-state index is 11.2. The van der Waals surface area contributed by atoms with Crippen molar-refractivity contribution in [1.82, 2.24) is 5.32 Å². The van der Waals surface area contributed by atoms with Crippen LogP contribution in [0.1, 0.15) is 10.4 Å². The van der Waals surface area contributed by atoms with Crippen molar-refractivity contribution in [3.8, 4) is 0 Å². The number of rotatable bonds is 2. The van der Waals surface area contributed by atoms with Gasteiger partial charge in [-0.3, -0.25) is 14.9 Å². The first-order valence-corrected chi connectivity index (χ1v) is 4.10. The second kappa shape index (κ2) is 4.06. The van der Waals surface area contributed by atoms with Gasteiger partial charge in [-0.2, -0.15) is 0 Å². The van der Waals surface area contributed by atoms with E-state index in [-0.39, 0.29) is 16.3 Å². The molecule has 1 N–H and O–H groups in total. The molecule has 0 aliphatic heterocycles. The molecule has 0 bridgehead atoms. The van der Waals surface area contributed by atoms with Gasteiger partial charge in [0.25, 0.3) is 11.6 Å². The van der Waals surface area contributed by atoms with Gasteiger partial charge in [0, 0.05) is 18.1 Å². The molecule has 0 saturated carbocycles. The highest BCUT2D eigenvalue weighted by Crippen LogP contribution is 2.22. The van der Waals surface area contributed by atoms with Gasteiger partial charge in [0.2, 0.25) is 0 Å². The van der Waals surface area contributed by atoms with Gasteiger partial charge in [-0.25, -0.2) is 0 Å². The van der Waals surface area contributed by atoms with Gasteiger partial charge >= 0.3 is 0 Å². The van der Waals surface area contributed by atoms with Crippen LogP contribution in [0.15, 0.2) is 18.2 Å². The second-order valence-corrected chi connectivity index (χ2v) is 2.93. The average Bonchev–Trinajstić information content (AvgIpc) is 2.16. The van der Waals surface area contributed by atoms with Crippen LogP contribution in [0.4, 0.5) is 5.69 Å². The molecule has 0 aliphatic carbocycles. The Hall–Kier alpha value is -1.62. The smallest absolute Gasteiger partial charge is 0.283 e. The van der Waals surface area contributed by atoms with Gasteiger partial charge in [0.1, 0.15) is 5.56 Å². The molecule has 0 aromatic heterocycles. The number of carbonyl (C=O) groups excluding carboxylic acids is 1. The monoisotopic (exact) mass is 214 g/mol. The van der Waals surface area contributed by atoms with E-state index in [1.165, 1.54) is 19.2 Å². The molecular formula is C8H7ClN2O3. The number of nitrogens with one attached hydrogen (secondary N) is 1. The van der Waals surface area contributed by atoms with Crippen molar-refractivity contribution in [2.75, 3.05) is 7.05 Å². The summed E-state index contributed by atoms with van der Waals surface area (Å²) in [5.74, 6) is -0.506. The minimum atomic E-state index is -0.642. The van der Waals surface area contributed by atoms with Gasteiger partial charge in [-0.15, -0.1) is 0 Å². The molecule has 0 spiro atoms. The van der Waals surface area contributed by atoms with Crippen LogP contribution in [-0.4, -0.2) is 17.9 Å². The van der Waals surface area contributed by atoms with Crippen LogP contribution < -0.4 is 5.32 Å². The lowest BCUT2D eigenvalue weighted by Gasteiger charge is -2.01. The Morgan fingerprint density at radius 2 is 2.21 bits per heavy atom. The zero-order valence-electron chi connectivity index (χ0n) is 7.28. The molecule has 0 unspecified atom stereocenters. The quantitative estimate of drug-likeness (QED) is 0.601. The maximum Gasteiger partial charge on any atom is 0.283 e. The molecule has 0 radical (unpaired) electrons. The van der Waals surface area contributed by atoms with Crippen molar-refractivity contribution in [3.63, 3.8) is 0 Å². The summed E-state index contributed by atoms with van der Waals surface area (Å²) in [6.45, 7) is 0. The Bertz CT molecular complexity index is 392. The third-order valence-electron chi connectivity index (χ3n) is 1.63. The normalized spacial score (nSPS) is 9.57. The molecule has 1 aromatic carbocycles. The number of hydrogen-bond acceptors (Lipinski definition) is 3. The third kappa shape index (κ3) is 2.00. The lowest BCUT2D eigenvalue weighted by Crippen LogP contribution is -2.19. The van der Waals surface area contributed by atoms with Gasteiger partial charge < -0.3 is 5.32 Å². The summed E-state index contributed by atoms with van der Waals surface area (Å²) < 4.78 is 0. The van der Waals surface area contributed by atoms with Crippen molar-refractivity contribution in [3.05, 3.63) is 38.9 Å². The first-order valence-electron chi connectivity index (χ1n) is 3.72. The summed E-state index contributed by atoms with van der Waals surface area (Å²) in [5, 5.41) is 13.1. The lowest BCUT2D eigenvalue weighted by atomic mass is 10.1. The summed E-state index contributed by atoms with van der Waals surface area (Å²) >= 11 is 5.57. The number of amides is 1. The molecule has 1 aromatic rings. The summed E-state index contributed by atoms with van der Waals surface area (Å²) in [6.07, 6.45) is 0. The van der Waals surface area contributed by atoms with Crippen molar-refractivity contribution in [2.24, 2.45) is 0 Å². The predicted octanol–water partition coefficient (Wildman–Crippen LogP) is 1.61. The van der Waals surface area contributed by atoms with Crippen LogP contribution in [0.25, 0.3) is 0 Å². The summed E-state index contributed by atoms with van der Waals surface area (Å²) in [7, 11) is 1.40. The van der Waals surface area contributed by atoms with Crippen LogP contribution in [-0.2, 0) is 0 Å². The van der Waals surface area contributed by atoms with Crippen LogP contribution in [0.5, 0.6) is 0 Å². The Morgan fingerprint density at radius 1 is 1.57 bits per heavy atom. The van der Waals surface area contributed by atoms with Crippen molar-refractivity contribution in [1.29, 1.82) is 0 Å². The highest BCUT2D eigenvalue weighted by Gasteiger charge is 2.19. The molecule has 0 atom stereocenters. The molecule has 14 heavy (non-hydrogen) atoms. The Morgan fingerprint density at radius 3 is 2.71 bits per heavy atom. The fourth-order valence-electron chi connectivity index (χ4n) is 0.983. The molecule has 0 aliphatic rings. The fraction of sp³-hybridized carbons (Fsp3) is 0.125. The van der Waals surface area contributed by atoms with E-state index in [1.807, 2.05) is 0 Å². The highest BCUT2D eigenvalue weighted by atomic mass is 35.5. The second-order valence-electron chi connectivity index (χ2n) is 2.50. The topological polar surface area (TPSA) is 72.2 Å². The van der Waals surface area contributed by atoms with E-state index < -0.39 is 10.8 Å². The lowest BCUT2D eigenvalue weighted by molar-refractivity contribution is -0.385. The van der Waals surface area contributed by atoms with E-state index in [9.17, 15) is 14.9 Å². The minimum absolute atomic E-state index is 0.00176. The largest absolute Gasteiger partial charge is 0.355 e. The van der Waals surface area contributed by atoms with E-state index in [0.29, 0.717) is 0 Å². The third-order valence-corrected chi connectivity index (χ3v) is 1.86. The highest BCUT2D eigenvalue weighted by molar-refractivity contribution is 6.31. The minimum Gasteiger partial charge on any atom is -0.355 e. The number of benzene rings is 1. The van der Waals surface area contributed by atoms with Gasteiger partial charge in [-0.05, 0) is 12.1 Å². The summed E-state index contributed by atoms with van der Waals surface area (Å²) in [6, 6.07) is 3.89. The van der Waals surface area contributed by atoms with E-state index >= 15 is 0 Å². The van der Waals surface area contributed by atoms with Crippen LogP contribution in [0.3, 0.4) is 0 Å². The molecular weight excluding hydrogens is 208 g/mol. The fourth-order valence-corrected chi connectivity index (χ4v) is 1.15. The number of hydrogen-bond donors (Lipinski definition) is 1. The van der Waals surface area contributed by atoms with Gasteiger partial charge in [0.05, 0.1) is 4.92 Å². The molecule has 1 amide bonds. The molecule has 0 fully saturated rings.